The lowest BCUT2D eigenvalue weighted by Gasteiger charge is -2.13. The molecule has 0 amide bonds. The number of methoxy groups -OCH3 is 1. The average Bonchev–Trinajstić information content (AvgIpc) is 2.42. The minimum absolute atomic E-state index is 0.0219. The SMILES string of the molecule is COc1ccc(C)cc1S(=O)(=O)Nc1cc(F)ccc1C. The Balaban J connectivity index is 2.48. The number of benzene rings is 2. The number of hydrogen-bond donors (Lipinski definition) is 1. The van der Waals surface area contributed by atoms with E-state index in [0.717, 1.165) is 11.6 Å². The zero-order valence-electron chi connectivity index (χ0n) is 12.0. The van der Waals surface area contributed by atoms with Crippen LogP contribution in [0.1, 0.15) is 11.1 Å². The van der Waals surface area contributed by atoms with Crippen LogP contribution in [-0.2, 0) is 10.0 Å². The van der Waals surface area contributed by atoms with E-state index in [2.05, 4.69) is 4.72 Å². The highest BCUT2D eigenvalue weighted by molar-refractivity contribution is 7.92. The largest absolute Gasteiger partial charge is 0.495 e. The van der Waals surface area contributed by atoms with Gasteiger partial charge in [-0.25, -0.2) is 12.8 Å². The first-order valence-corrected chi connectivity index (χ1v) is 7.75. The molecule has 1 N–H and O–H groups in total. The van der Waals surface area contributed by atoms with Gasteiger partial charge in [0.2, 0.25) is 0 Å². The van der Waals surface area contributed by atoms with Crippen LogP contribution in [-0.4, -0.2) is 15.5 Å². The lowest BCUT2D eigenvalue weighted by molar-refractivity contribution is 0.402. The van der Waals surface area contributed by atoms with E-state index in [1.165, 1.54) is 25.3 Å². The molecule has 6 heteroatoms. The van der Waals surface area contributed by atoms with Crippen LogP contribution in [0.25, 0.3) is 0 Å². The first kappa shape index (κ1) is 15.3. The van der Waals surface area contributed by atoms with Crippen LogP contribution in [0, 0.1) is 19.7 Å². The summed E-state index contributed by atoms with van der Waals surface area (Å²) in [4.78, 5) is 0.0219. The van der Waals surface area contributed by atoms with Crippen LogP contribution < -0.4 is 9.46 Å². The fourth-order valence-electron chi connectivity index (χ4n) is 1.90. The number of ether oxygens (including phenoxy) is 1. The molecule has 0 aliphatic carbocycles. The van der Waals surface area contributed by atoms with Crippen LogP contribution in [0.5, 0.6) is 5.75 Å². The molecule has 0 bridgehead atoms. The van der Waals surface area contributed by atoms with E-state index in [1.54, 1.807) is 26.0 Å². The molecular formula is C15H16FNO3S. The summed E-state index contributed by atoms with van der Waals surface area (Å²) in [5.41, 5.74) is 1.62. The van der Waals surface area contributed by atoms with Crippen molar-refractivity contribution >= 4 is 15.7 Å². The van der Waals surface area contributed by atoms with Gasteiger partial charge in [-0.05, 0) is 49.2 Å². The van der Waals surface area contributed by atoms with Gasteiger partial charge in [0, 0.05) is 0 Å². The minimum Gasteiger partial charge on any atom is -0.495 e. The van der Waals surface area contributed by atoms with E-state index in [-0.39, 0.29) is 16.3 Å². The number of anilines is 1. The number of rotatable bonds is 4. The number of halogens is 1. The number of sulfonamides is 1. The smallest absolute Gasteiger partial charge is 0.265 e. The third kappa shape index (κ3) is 3.33. The van der Waals surface area contributed by atoms with Gasteiger partial charge in [-0.15, -0.1) is 0 Å². The quantitative estimate of drug-likeness (QED) is 0.943. The fourth-order valence-corrected chi connectivity index (χ4v) is 3.27. The molecule has 2 rings (SSSR count). The van der Waals surface area contributed by atoms with Crippen molar-refractivity contribution in [2.24, 2.45) is 0 Å². The van der Waals surface area contributed by atoms with Crippen molar-refractivity contribution in [3.63, 3.8) is 0 Å². The lowest BCUT2D eigenvalue weighted by atomic mass is 10.2. The van der Waals surface area contributed by atoms with Crippen molar-refractivity contribution in [2.45, 2.75) is 18.7 Å². The second kappa shape index (κ2) is 5.73. The zero-order valence-corrected chi connectivity index (χ0v) is 12.8. The molecule has 0 aliphatic rings. The zero-order chi connectivity index (χ0) is 15.6. The van der Waals surface area contributed by atoms with E-state index in [0.29, 0.717) is 5.56 Å². The van der Waals surface area contributed by atoms with Gasteiger partial charge in [-0.2, -0.15) is 0 Å². The van der Waals surface area contributed by atoms with Crippen molar-refractivity contribution in [1.82, 2.24) is 0 Å². The lowest BCUT2D eigenvalue weighted by Crippen LogP contribution is -2.15. The van der Waals surface area contributed by atoms with Gasteiger partial charge in [0.25, 0.3) is 10.0 Å². The van der Waals surface area contributed by atoms with Gasteiger partial charge in [0.05, 0.1) is 12.8 Å². The second-order valence-electron chi connectivity index (χ2n) is 4.72. The van der Waals surface area contributed by atoms with Crippen LogP contribution in [0.3, 0.4) is 0 Å². The van der Waals surface area contributed by atoms with E-state index in [1.807, 2.05) is 0 Å². The maximum atomic E-state index is 13.3. The van der Waals surface area contributed by atoms with E-state index >= 15 is 0 Å². The monoisotopic (exact) mass is 309 g/mol. The predicted molar refractivity (Wildman–Crippen MR) is 79.7 cm³/mol. The van der Waals surface area contributed by atoms with Crippen molar-refractivity contribution in [3.8, 4) is 5.75 Å². The summed E-state index contributed by atoms with van der Waals surface area (Å²) in [5, 5.41) is 0. The molecule has 0 aromatic heterocycles. The van der Waals surface area contributed by atoms with Crippen LogP contribution in [0.15, 0.2) is 41.3 Å². The van der Waals surface area contributed by atoms with E-state index in [9.17, 15) is 12.8 Å². The highest BCUT2D eigenvalue weighted by Crippen LogP contribution is 2.28. The number of aryl methyl sites for hydroxylation is 2. The Morgan fingerprint density at radius 2 is 1.81 bits per heavy atom. The Morgan fingerprint density at radius 3 is 2.48 bits per heavy atom. The molecule has 112 valence electrons. The van der Waals surface area contributed by atoms with Crippen LogP contribution in [0.2, 0.25) is 0 Å². The highest BCUT2D eigenvalue weighted by atomic mass is 32.2. The van der Waals surface area contributed by atoms with Crippen LogP contribution >= 0.6 is 0 Å². The third-order valence-electron chi connectivity index (χ3n) is 3.05. The molecule has 0 fully saturated rings. The molecule has 21 heavy (non-hydrogen) atoms. The Bertz CT molecular complexity index is 772. The van der Waals surface area contributed by atoms with Gasteiger partial charge in [-0.1, -0.05) is 12.1 Å². The minimum atomic E-state index is -3.86. The summed E-state index contributed by atoms with van der Waals surface area (Å²) in [5.74, 6) is -0.267. The standard InChI is InChI=1S/C15H16FNO3S/c1-10-4-7-14(20-3)15(8-10)21(18,19)17-13-9-12(16)6-5-11(13)2/h4-9,17H,1-3H3. The summed E-state index contributed by atoms with van der Waals surface area (Å²) >= 11 is 0. The van der Waals surface area contributed by atoms with Crippen molar-refractivity contribution in [3.05, 3.63) is 53.3 Å². The summed E-state index contributed by atoms with van der Waals surface area (Å²) in [6.45, 7) is 3.48. The molecule has 0 atom stereocenters. The molecule has 4 nitrogen and oxygen atoms in total. The molecule has 2 aromatic carbocycles. The second-order valence-corrected chi connectivity index (χ2v) is 6.37. The van der Waals surface area contributed by atoms with Crippen molar-refractivity contribution in [2.75, 3.05) is 11.8 Å². The van der Waals surface area contributed by atoms with Gasteiger partial charge in [0.15, 0.2) is 0 Å². The molecule has 0 aliphatic heterocycles. The topological polar surface area (TPSA) is 55.4 Å². The Morgan fingerprint density at radius 1 is 1.10 bits per heavy atom. The average molecular weight is 309 g/mol. The van der Waals surface area contributed by atoms with Crippen molar-refractivity contribution < 1.29 is 17.5 Å². The Labute approximate surface area is 123 Å². The van der Waals surface area contributed by atoms with Gasteiger partial charge in [0.1, 0.15) is 16.5 Å². The number of nitrogens with one attached hydrogen (secondary N) is 1. The third-order valence-corrected chi connectivity index (χ3v) is 4.44. The first-order chi connectivity index (χ1) is 9.83. The maximum Gasteiger partial charge on any atom is 0.265 e. The van der Waals surface area contributed by atoms with E-state index < -0.39 is 15.8 Å². The summed E-state index contributed by atoms with van der Waals surface area (Å²) < 4.78 is 45.7. The summed E-state index contributed by atoms with van der Waals surface area (Å²) in [7, 11) is -2.46. The molecule has 0 saturated carbocycles. The normalized spacial score (nSPS) is 11.2. The predicted octanol–water partition coefficient (Wildman–Crippen LogP) is 3.25. The number of hydrogen-bond acceptors (Lipinski definition) is 3. The molecule has 0 saturated heterocycles. The van der Waals surface area contributed by atoms with Crippen molar-refractivity contribution in [1.29, 1.82) is 0 Å². The molecule has 0 unspecified atom stereocenters. The Hall–Kier alpha value is -2.08. The highest BCUT2D eigenvalue weighted by Gasteiger charge is 2.20. The molecule has 0 heterocycles. The molecule has 0 radical (unpaired) electrons. The Kier molecular flexibility index (Phi) is 4.18. The fraction of sp³-hybridized carbons (Fsp3) is 0.200. The first-order valence-electron chi connectivity index (χ1n) is 6.27. The molecular weight excluding hydrogens is 293 g/mol. The molecule has 2 aromatic rings. The maximum absolute atomic E-state index is 13.3. The van der Waals surface area contributed by atoms with Gasteiger partial charge >= 0.3 is 0 Å². The van der Waals surface area contributed by atoms with Gasteiger partial charge in [-0.3, -0.25) is 4.72 Å². The van der Waals surface area contributed by atoms with E-state index in [4.69, 9.17) is 4.74 Å². The molecule has 0 spiro atoms. The summed E-state index contributed by atoms with van der Waals surface area (Å²) in [6.07, 6.45) is 0. The van der Waals surface area contributed by atoms with Gasteiger partial charge < -0.3 is 4.74 Å². The van der Waals surface area contributed by atoms with Crippen LogP contribution in [0.4, 0.5) is 10.1 Å². The summed E-state index contributed by atoms with van der Waals surface area (Å²) in [6, 6.07) is 8.79.